The Morgan fingerprint density at radius 3 is 2.89 bits per heavy atom. The minimum absolute atomic E-state index is 0.121. The van der Waals surface area contributed by atoms with E-state index in [1.54, 1.807) is 0 Å². The molecule has 3 heteroatoms. The van der Waals surface area contributed by atoms with Gasteiger partial charge in [0.1, 0.15) is 5.75 Å². The van der Waals surface area contributed by atoms with E-state index in [4.69, 9.17) is 10.5 Å². The van der Waals surface area contributed by atoms with Gasteiger partial charge in [-0.25, -0.2) is 0 Å². The summed E-state index contributed by atoms with van der Waals surface area (Å²) in [5.41, 5.74) is 7.45. The number of nitrogens with two attached hydrogens (primary N) is 1. The van der Waals surface area contributed by atoms with Crippen LogP contribution in [-0.2, 0) is 0 Å². The number of hydrogen-bond acceptors (Lipinski definition) is 3. The van der Waals surface area contributed by atoms with Crippen molar-refractivity contribution >= 4 is 11.8 Å². The molecule has 0 heterocycles. The molecule has 1 atom stereocenters. The van der Waals surface area contributed by atoms with Crippen molar-refractivity contribution in [2.24, 2.45) is 5.73 Å². The van der Waals surface area contributed by atoms with Crippen LogP contribution in [0.2, 0.25) is 0 Å². The average molecular weight is 265 g/mol. The largest absolute Gasteiger partial charge is 0.494 e. The molecule has 2 rings (SSSR count). The molecule has 1 aromatic carbocycles. The summed E-state index contributed by atoms with van der Waals surface area (Å²) >= 11 is 2.04. The second kappa shape index (κ2) is 7.05. The van der Waals surface area contributed by atoms with E-state index in [-0.39, 0.29) is 6.04 Å². The lowest BCUT2D eigenvalue weighted by Crippen LogP contribution is -2.14. The van der Waals surface area contributed by atoms with Crippen LogP contribution in [0.15, 0.2) is 24.3 Å². The van der Waals surface area contributed by atoms with Crippen molar-refractivity contribution < 1.29 is 4.74 Å². The van der Waals surface area contributed by atoms with Crippen LogP contribution >= 0.6 is 11.8 Å². The molecule has 0 bridgehead atoms. The second-order valence-electron chi connectivity index (χ2n) is 4.85. The molecule has 1 saturated carbocycles. The molecule has 2 N–H and O–H groups in total. The van der Waals surface area contributed by atoms with Gasteiger partial charge < -0.3 is 10.5 Å². The number of benzene rings is 1. The summed E-state index contributed by atoms with van der Waals surface area (Å²) in [4.78, 5) is 0. The van der Waals surface area contributed by atoms with Gasteiger partial charge in [-0.1, -0.05) is 25.0 Å². The van der Waals surface area contributed by atoms with Crippen LogP contribution in [0.3, 0.4) is 0 Å². The van der Waals surface area contributed by atoms with Gasteiger partial charge in [0, 0.05) is 17.0 Å². The van der Waals surface area contributed by atoms with Crippen molar-refractivity contribution in [3.05, 3.63) is 29.8 Å². The summed E-state index contributed by atoms with van der Waals surface area (Å²) in [5, 5.41) is 0.839. The zero-order valence-electron chi connectivity index (χ0n) is 11.1. The number of rotatable bonds is 6. The highest BCUT2D eigenvalue weighted by molar-refractivity contribution is 7.99. The first-order valence-corrected chi connectivity index (χ1v) is 7.94. The zero-order valence-corrected chi connectivity index (χ0v) is 11.9. The van der Waals surface area contributed by atoms with Gasteiger partial charge in [0.15, 0.2) is 0 Å². The van der Waals surface area contributed by atoms with E-state index in [0.29, 0.717) is 6.61 Å². The summed E-state index contributed by atoms with van der Waals surface area (Å²) in [7, 11) is 0. The summed E-state index contributed by atoms with van der Waals surface area (Å²) in [5.74, 6) is 1.94. The molecule has 100 valence electrons. The van der Waals surface area contributed by atoms with Gasteiger partial charge in [-0.2, -0.15) is 11.8 Å². The molecule has 1 fully saturated rings. The molecule has 0 aliphatic heterocycles. The number of hydrogen-bond donors (Lipinski definition) is 1. The van der Waals surface area contributed by atoms with E-state index < -0.39 is 0 Å². The third-order valence-electron chi connectivity index (χ3n) is 3.41. The zero-order chi connectivity index (χ0) is 12.8. The van der Waals surface area contributed by atoms with E-state index in [9.17, 15) is 0 Å². The molecule has 0 radical (unpaired) electrons. The van der Waals surface area contributed by atoms with Crippen molar-refractivity contribution in [2.75, 3.05) is 12.4 Å². The first kappa shape index (κ1) is 13.8. The molecule has 0 saturated heterocycles. The SMILES string of the molecule is CCOc1cccc(C(N)CSC2CCCC2)c1. The van der Waals surface area contributed by atoms with E-state index in [0.717, 1.165) is 16.8 Å². The Balaban J connectivity index is 1.86. The van der Waals surface area contributed by atoms with E-state index >= 15 is 0 Å². The molecular formula is C15H23NOS. The summed E-state index contributed by atoms with van der Waals surface area (Å²) < 4.78 is 5.51. The third kappa shape index (κ3) is 3.92. The Bertz CT molecular complexity index is 363. The Kier molecular flexibility index (Phi) is 5.39. The highest BCUT2D eigenvalue weighted by atomic mass is 32.2. The standard InChI is InChI=1S/C15H23NOS/c1-2-17-13-7-5-6-12(10-13)15(16)11-18-14-8-3-4-9-14/h5-7,10,14-15H,2-4,8-9,11,16H2,1H3. The second-order valence-corrected chi connectivity index (χ2v) is 6.19. The predicted octanol–water partition coefficient (Wildman–Crippen LogP) is 3.76. The van der Waals surface area contributed by atoms with Crippen molar-refractivity contribution in [1.82, 2.24) is 0 Å². The quantitative estimate of drug-likeness (QED) is 0.850. The Morgan fingerprint density at radius 2 is 2.17 bits per heavy atom. The fourth-order valence-corrected chi connectivity index (χ4v) is 3.73. The smallest absolute Gasteiger partial charge is 0.119 e. The van der Waals surface area contributed by atoms with Crippen molar-refractivity contribution in [3.8, 4) is 5.75 Å². The van der Waals surface area contributed by atoms with Crippen LogP contribution in [-0.4, -0.2) is 17.6 Å². The lowest BCUT2D eigenvalue weighted by molar-refractivity contribution is 0.339. The van der Waals surface area contributed by atoms with Crippen LogP contribution in [0.1, 0.15) is 44.2 Å². The molecular weight excluding hydrogens is 242 g/mol. The molecule has 0 aromatic heterocycles. The van der Waals surface area contributed by atoms with Gasteiger partial charge >= 0.3 is 0 Å². The first-order chi connectivity index (χ1) is 8.79. The van der Waals surface area contributed by atoms with E-state index in [1.807, 2.05) is 30.8 Å². The van der Waals surface area contributed by atoms with Crippen molar-refractivity contribution in [3.63, 3.8) is 0 Å². The molecule has 0 amide bonds. The molecule has 0 spiro atoms. The fourth-order valence-electron chi connectivity index (χ4n) is 2.39. The van der Waals surface area contributed by atoms with Gasteiger partial charge in [0.2, 0.25) is 0 Å². The Hall–Kier alpha value is -0.670. The molecule has 2 nitrogen and oxygen atoms in total. The highest BCUT2D eigenvalue weighted by Gasteiger charge is 2.17. The van der Waals surface area contributed by atoms with E-state index in [2.05, 4.69) is 12.1 Å². The van der Waals surface area contributed by atoms with Crippen molar-refractivity contribution in [1.29, 1.82) is 0 Å². The van der Waals surface area contributed by atoms with Gasteiger partial charge in [-0.15, -0.1) is 0 Å². The summed E-state index contributed by atoms with van der Waals surface area (Å²) in [6, 6.07) is 8.31. The molecule has 1 aliphatic rings. The lowest BCUT2D eigenvalue weighted by Gasteiger charge is -2.15. The van der Waals surface area contributed by atoms with Crippen LogP contribution in [0.5, 0.6) is 5.75 Å². The highest BCUT2D eigenvalue weighted by Crippen LogP contribution is 2.31. The van der Waals surface area contributed by atoms with Crippen LogP contribution in [0.25, 0.3) is 0 Å². The van der Waals surface area contributed by atoms with Gasteiger partial charge in [-0.3, -0.25) is 0 Å². The van der Waals surface area contributed by atoms with Crippen LogP contribution in [0, 0.1) is 0 Å². The topological polar surface area (TPSA) is 35.2 Å². The third-order valence-corrected chi connectivity index (χ3v) is 4.91. The fraction of sp³-hybridized carbons (Fsp3) is 0.600. The van der Waals surface area contributed by atoms with Gasteiger partial charge in [-0.05, 0) is 37.5 Å². The molecule has 1 aromatic rings. The molecule has 1 aliphatic carbocycles. The Morgan fingerprint density at radius 1 is 1.39 bits per heavy atom. The summed E-state index contributed by atoms with van der Waals surface area (Å²) in [6.07, 6.45) is 5.53. The maximum Gasteiger partial charge on any atom is 0.119 e. The van der Waals surface area contributed by atoms with Gasteiger partial charge in [0.25, 0.3) is 0 Å². The normalized spacial score (nSPS) is 17.9. The summed E-state index contributed by atoms with van der Waals surface area (Å²) in [6.45, 7) is 2.71. The minimum Gasteiger partial charge on any atom is -0.494 e. The Labute approximate surface area is 114 Å². The number of thioether (sulfide) groups is 1. The van der Waals surface area contributed by atoms with E-state index in [1.165, 1.54) is 31.2 Å². The minimum atomic E-state index is 0.121. The van der Waals surface area contributed by atoms with Gasteiger partial charge in [0.05, 0.1) is 6.61 Å². The predicted molar refractivity (Wildman–Crippen MR) is 79.3 cm³/mol. The number of ether oxygens (including phenoxy) is 1. The molecule has 1 unspecified atom stereocenters. The maximum absolute atomic E-state index is 6.26. The van der Waals surface area contributed by atoms with Crippen LogP contribution in [0.4, 0.5) is 0 Å². The molecule has 18 heavy (non-hydrogen) atoms. The van der Waals surface area contributed by atoms with Crippen LogP contribution < -0.4 is 10.5 Å². The monoisotopic (exact) mass is 265 g/mol. The first-order valence-electron chi connectivity index (χ1n) is 6.89. The average Bonchev–Trinajstić information content (AvgIpc) is 2.90. The maximum atomic E-state index is 6.26. The lowest BCUT2D eigenvalue weighted by atomic mass is 10.1. The van der Waals surface area contributed by atoms with Crippen molar-refractivity contribution in [2.45, 2.75) is 43.9 Å².